The van der Waals surface area contributed by atoms with Crippen molar-refractivity contribution in [3.63, 3.8) is 0 Å². The summed E-state index contributed by atoms with van der Waals surface area (Å²) in [5.74, 6) is -7.36. The number of phenols is 1. The Hall–Kier alpha value is -4.08. The number of esters is 1. The highest BCUT2D eigenvalue weighted by Gasteiger charge is 2.69. The molecule has 3 aliphatic carbocycles. The normalized spacial score (nSPS) is 28.3. The maximum Gasteiger partial charge on any atom is 0.384 e. The fourth-order valence-corrected chi connectivity index (χ4v) is 6.61. The van der Waals surface area contributed by atoms with Crippen molar-refractivity contribution >= 4 is 40.7 Å². The summed E-state index contributed by atoms with van der Waals surface area (Å²) in [5.41, 5.74) is 3.25. The molecule has 0 bridgehead atoms. The standard InChI is InChI=1S/C30H35N3O9/c1-6-7-10-42-19(34)9-8-14-13-18(32(2)3)16-11-15-12-17-23(33(4)5)26(37)22(29(31)40)28(39)30(17,41)27(38)20(15)25(36)21(16)24(14)35/h13,15,17,20,22-23,35,41H,6-7,10-12H2,1-5H3,(H2,31,40)/t15-,17-,20?,22?,23-,30-/m0/s1. The molecule has 0 radical (unpaired) electrons. The van der Waals surface area contributed by atoms with E-state index in [1.165, 1.54) is 25.1 Å². The van der Waals surface area contributed by atoms with E-state index in [0.717, 1.165) is 6.42 Å². The highest BCUT2D eigenvalue weighted by molar-refractivity contribution is 6.32. The van der Waals surface area contributed by atoms with Gasteiger partial charge in [-0.1, -0.05) is 19.3 Å². The van der Waals surface area contributed by atoms with Crippen LogP contribution in [0.2, 0.25) is 0 Å². The van der Waals surface area contributed by atoms with E-state index in [1.54, 1.807) is 19.0 Å². The van der Waals surface area contributed by atoms with Gasteiger partial charge in [-0.05, 0) is 50.9 Å². The number of primary amides is 1. The molecule has 2 unspecified atom stereocenters. The Kier molecular flexibility index (Phi) is 8.31. The summed E-state index contributed by atoms with van der Waals surface area (Å²) in [7, 11) is 6.49. The summed E-state index contributed by atoms with van der Waals surface area (Å²) in [6, 6.07) is 0.353. The van der Waals surface area contributed by atoms with Crippen LogP contribution in [-0.4, -0.2) is 96.6 Å². The highest BCUT2D eigenvalue weighted by atomic mass is 16.5. The molecule has 4 N–H and O–H groups in total. The van der Waals surface area contributed by atoms with Gasteiger partial charge in [-0.25, -0.2) is 4.79 Å². The van der Waals surface area contributed by atoms with Crippen molar-refractivity contribution < 1.29 is 43.7 Å². The molecule has 3 aliphatic rings. The molecule has 0 saturated heterocycles. The minimum absolute atomic E-state index is 0.0441. The zero-order valence-electron chi connectivity index (χ0n) is 24.2. The maximum absolute atomic E-state index is 14.0. The van der Waals surface area contributed by atoms with Crippen molar-refractivity contribution in [2.24, 2.45) is 29.4 Å². The van der Waals surface area contributed by atoms with Crippen LogP contribution in [0.15, 0.2) is 6.07 Å². The van der Waals surface area contributed by atoms with Gasteiger partial charge in [0.05, 0.1) is 29.7 Å². The largest absolute Gasteiger partial charge is 0.506 e. The van der Waals surface area contributed by atoms with E-state index in [0.29, 0.717) is 17.7 Å². The van der Waals surface area contributed by atoms with E-state index in [1.807, 2.05) is 6.92 Å². The smallest absolute Gasteiger partial charge is 0.384 e. The van der Waals surface area contributed by atoms with Crippen molar-refractivity contribution in [1.82, 2.24) is 4.90 Å². The molecule has 1 aromatic rings. The van der Waals surface area contributed by atoms with Crippen molar-refractivity contribution in [2.45, 2.75) is 44.2 Å². The first-order chi connectivity index (χ1) is 19.7. The van der Waals surface area contributed by atoms with Crippen molar-refractivity contribution in [3.05, 3.63) is 22.8 Å². The minimum Gasteiger partial charge on any atom is -0.506 e. The van der Waals surface area contributed by atoms with E-state index in [4.69, 9.17) is 10.5 Å². The van der Waals surface area contributed by atoms with Crippen LogP contribution < -0.4 is 10.6 Å². The molecule has 2 saturated carbocycles. The van der Waals surface area contributed by atoms with E-state index in [9.17, 15) is 39.0 Å². The summed E-state index contributed by atoms with van der Waals surface area (Å²) >= 11 is 0. The molecular weight excluding hydrogens is 546 g/mol. The monoisotopic (exact) mass is 581 g/mol. The van der Waals surface area contributed by atoms with Crippen LogP contribution in [0.3, 0.4) is 0 Å². The number of likely N-dealkylation sites (N-methyl/N-ethyl adjacent to an activating group) is 1. The lowest BCUT2D eigenvalue weighted by Crippen LogP contribution is -2.74. The molecule has 0 aromatic heterocycles. The SMILES string of the molecule is CCCCOC(=O)C#Cc1cc(N(C)C)c2c(c1O)C(=O)C1C(=O)[C@]3(O)C(=O)C(C(N)=O)C(=O)[C@@H](N(C)C)[C@@H]3C[C@@H]1C2. The Bertz CT molecular complexity index is 1450. The van der Waals surface area contributed by atoms with Crippen LogP contribution in [0.5, 0.6) is 5.75 Å². The van der Waals surface area contributed by atoms with Crippen LogP contribution in [0.4, 0.5) is 5.69 Å². The maximum atomic E-state index is 14.0. The molecule has 2 fully saturated rings. The summed E-state index contributed by atoms with van der Waals surface area (Å²) in [4.78, 5) is 81.9. The first-order valence-corrected chi connectivity index (χ1v) is 13.8. The van der Waals surface area contributed by atoms with Crippen LogP contribution in [-0.2, 0) is 35.1 Å². The van der Waals surface area contributed by atoms with Gasteiger partial charge in [0, 0.05) is 31.6 Å². The van der Waals surface area contributed by atoms with Gasteiger partial charge in [-0.15, -0.1) is 0 Å². The third-order valence-corrected chi connectivity index (χ3v) is 8.55. The highest BCUT2D eigenvalue weighted by Crippen LogP contribution is 2.52. The number of anilines is 1. The van der Waals surface area contributed by atoms with Gasteiger partial charge in [-0.3, -0.25) is 28.9 Å². The van der Waals surface area contributed by atoms with Crippen LogP contribution in [0, 0.1) is 35.5 Å². The molecule has 42 heavy (non-hydrogen) atoms. The summed E-state index contributed by atoms with van der Waals surface area (Å²) in [6.07, 6.45) is 1.54. The van der Waals surface area contributed by atoms with Crippen LogP contribution >= 0.6 is 0 Å². The minimum atomic E-state index is -2.81. The molecule has 6 atom stereocenters. The third kappa shape index (κ3) is 4.76. The number of rotatable bonds is 6. The summed E-state index contributed by atoms with van der Waals surface area (Å²) in [5, 5.41) is 22.9. The molecule has 1 amide bonds. The van der Waals surface area contributed by atoms with Crippen molar-refractivity contribution in [3.8, 4) is 17.6 Å². The Balaban J connectivity index is 1.83. The second-order valence-corrected chi connectivity index (χ2v) is 11.6. The first kappa shape index (κ1) is 30.9. The lowest BCUT2D eigenvalue weighted by Gasteiger charge is -2.52. The van der Waals surface area contributed by atoms with Crippen LogP contribution in [0.1, 0.15) is 47.7 Å². The number of fused-ring (bicyclic) bond motifs is 3. The Labute approximate surface area is 243 Å². The number of hydrogen-bond donors (Lipinski definition) is 3. The fraction of sp³-hybridized carbons (Fsp3) is 0.533. The fourth-order valence-electron chi connectivity index (χ4n) is 6.61. The molecule has 224 valence electrons. The van der Waals surface area contributed by atoms with Gasteiger partial charge in [0.15, 0.2) is 34.7 Å². The molecule has 1 aromatic carbocycles. The van der Waals surface area contributed by atoms with Crippen molar-refractivity contribution in [2.75, 3.05) is 39.7 Å². The number of unbranched alkanes of at least 4 members (excludes halogenated alkanes) is 1. The summed E-state index contributed by atoms with van der Waals surface area (Å²) < 4.78 is 5.03. The molecule has 12 nitrogen and oxygen atoms in total. The Morgan fingerprint density at radius 3 is 2.38 bits per heavy atom. The number of benzene rings is 1. The average Bonchev–Trinajstić information content (AvgIpc) is 2.89. The quantitative estimate of drug-likeness (QED) is 0.172. The van der Waals surface area contributed by atoms with Gasteiger partial charge in [0.2, 0.25) is 5.91 Å². The molecule has 4 rings (SSSR count). The molecule has 0 heterocycles. The number of hydrogen-bond acceptors (Lipinski definition) is 11. The number of nitrogens with zero attached hydrogens (tertiary/aromatic N) is 2. The predicted molar refractivity (Wildman–Crippen MR) is 148 cm³/mol. The number of carbonyl (C=O) groups is 6. The first-order valence-electron chi connectivity index (χ1n) is 13.8. The van der Waals surface area contributed by atoms with Gasteiger partial charge < -0.3 is 25.6 Å². The third-order valence-electron chi connectivity index (χ3n) is 8.55. The molecular formula is C30H35N3O9. The number of Topliss-reactive ketones (excluding diaryl/α,β-unsaturated/α-hetero) is 4. The van der Waals surface area contributed by atoms with Gasteiger partial charge >= 0.3 is 5.97 Å². The molecule has 0 aliphatic heterocycles. The average molecular weight is 582 g/mol. The van der Waals surface area contributed by atoms with E-state index in [2.05, 4.69) is 11.8 Å². The number of amides is 1. The zero-order valence-corrected chi connectivity index (χ0v) is 24.2. The summed E-state index contributed by atoms with van der Waals surface area (Å²) in [6.45, 7) is 2.12. The number of aliphatic hydroxyl groups is 1. The van der Waals surface area contributed by atoms with Gasteiger partial charge in [-0.2, -0.15) is 0 Å². The van der Waals surface area contributed by atoms with Gasteiger partial charge in [0.1, 0.15) is 5.75 Å². The van der Waals surface area contributed by atoms with E-state index < -0.39 is 76.1 Å². The number of aromatic hydroxyl groups is 1. The second kappa shape index (κ2) is 11.3. The second-order valence-electron chi connectivity index (χ2n) is 11.6. The molecule has 12 heteroatoms. The Morgan fingerprint density at radius 2 is 1.81 bits per heavy atom. The number of ether oxygens (including phenoxy) is 1. The lowest BCUT2D eigenvalue weighted by atomic mass is 9.52. The van der Waals surface area contributed by atoms with E-state index >= 15 is 0 Å². The number of ketones is 4. The topological polar surface area (TPSA) is 185 Å². The zero-order chi connectivity index (χ0) is 31.3. The number of carbonyl (C=O) groups excluding carboxylic acids is 6. The Morgan fingerprint density at radius 1 is 1.14 bits per heavy atom. The molecule has 0 spiro atoms. The van der Waals surface area contributed by atoms with Gasteiger partial charge in [0.25, 0.3) is 0 Å². The number of nitrogens with two attached hydrogens (primary N) is 1. The van der Waals surface area contributed by atoms with Crippen molar-refractivity contribution in [1.29, 1.82) is 0 Å². The predicted octanol–water partition coefficient (Wildman–Crippen LogP) is -0.372. The number of phenolic OH excluding ortho intramolecular Hbond substituents is 1. The lowest BCUT2D eigenvalue weighted by molar-refractivity contribution is -0.181. The van der Waals surface area contributed by atoms with Crippen LogP contribution in [0.25, 0.3) is 0 Å². The van der Waals surface area contributed by atoms with E-state index in [-0.39, 0.29) is 30.6 Å².